The van der Waals surface area contributed by atoms with Crippen molar-refractivity contribution in [3.63, 3.8) is 0 Å². The van der Waals surface area contributed by atoms with Crippen LogP contribution in [0.5, 0.6) is 10.9 Å². The van der Waals surface area contributed by atoms with Crippen LogP contribution in [0.15, 0.2) is 48.5 Å². The molecule has 2 aromatic carbocycles. The van der Waals surface area contributed by atoms with Gasteiger partial charge >= 0.3 is 5.97 Å². The second-order valence-corrected chi connectivity index (χ2v) is 6.76. The fourth-order valence-corrected chi connectivity index (χ4v) is 3.86. The first-order chi connectivity index (χ1) is 12.7. The molecule has 0 N–H and O–H groups in total. The molecule has 0 amide bonds. The quantitative estimate of drug-likeness (QED) is 0.453. The summed E-state index contributed by atoms with van der Waals surface area (Å²) < 4.78 is 14.1. The zero-order chi connectivity index (χ0) is 18.1. The molecule has 132 valence electrons. The summed E-state index contributed by atoms with van der Waals surface area (Å²) in [6.45, 7) is 4.86. The first-order valence-corrected chi connectivity index (χ1v) is 9.35. The van der Waals surface area contributed by atoms with Gasteiger partial charge in [-0.15, -0.1) is 0 Å². The van der Waals surface area contributed by atoms with Crippen LogP contribution in [-0.4, -0.2) is 22.1 Å². The summed E-state index contributed by atoms with van der Waals surface area (Å²) in [5, 5.41) is 1.54. The number of thiazole rings is 1. The Bertz CT molecular complexity index is 1060. The van der Waals surface area contributed by atoms with Crippen LogP contribution in [0.1, 0.15) is 24.3 Å². The Kier molecular flexibility index (Phi) is 4.34. The third kappa shape index (κ3) is 2.93. The lowest BCUT2D eigenvalue weighted by molar-refractivity contribution is 0.0514. The average molecular weight is 366 g/mol. The minimum Gasteiger partial charge on any atom is -0.461 e. The van der Waals surface area contributed by atoms with Gasteiger partial charge in [0.25, 0.3) is 5.19 Å². The summed E-state index contributed by atoms with van der Waals surface area (Å²) >= 11 is 1.51. The molecule has 0 aliphatic rings. The molecule has 0 aliphatic heterocycles. The molecule has 0 saturated heterocycles. The van der Waals surface area contributed by atoms with E-state index < -0.39 is 0 Å². The summed E-state index contributed by atoms with van der Waals surface area (Å²) in [7, 11) is 0. The Balaban J connectivity index is 1.69. The molecule has 4 aromatic rings. The van der Waals surface area contributed by atoms with E-state index in [1.165, 1.54) is 11.3 Å². The highest BCUT2D eigenvalue weighted by molar-refractivity contribution is 7.20. The lowest BCUT2D eigenvalue weighted by Crippen LogP contribution is -2.11. The zero-order valence-corrected chi connectivity index (χ0v) is 15.4. The lowest BCUT2D eigenvalue weighted by Gasteiger charge is -2.07. The summed E-state index contributed by atoms with van der Waals surface area (Å²) in [5.74, 6) is 0.388. The van der Waals surface area contributed by atoms with Gasteiger partial charge in [0.15, 0.2) is 0 Å². The lowest BCUT2D eigenvalue weighted by atomic mass is 10.2. The van der Waals surface area contributed by atoms with Gasteiger partial charge < -0.3 is 14.0 Å². The average Bonchev–Trinajstić information content (AvgIpc) is 3.21. The molecule has 5 nitrogen and oxygen atoms in total. The summed E-state index contributed by atoms with van der Waals surface area (Å²) in [4.78, 5) is 16.7. The van der Waals surface area contributed by atoms with E-state index in [2.05, 4.69) is 4.98 Å². The highest BCUT2D eigenvalue weighted by Crippen LogP contribution is 2.33. The van der Waals surface area contributed by atoms with Crippen LogP contribution < -0.4 is 4.74 Å². The standard InChI is InChI=1S/C20H18N2O3S/c1-3-22-16-10-9-14(11-13(16)12-17(22)19(23)24-4-2)25-20-21-15-7-5-6-8-18(15)26-20/h5-12H,3-4H2,1-2H3. The second kappa shape index (κ2) is 6.80. The van der Waals surface area contributed by atoms with Crippen LogP contribution in [0.3, 0.4) is 0 Å². The highest BCUT2D eigenvalue weighted by Gasteiger charge is 2.16. The molecule has 6 heteroatoms. The number of rotatable bonds is 5. The molecule has 2 aromatic heterocycles. The fourth-order valence-electron chi connectivity index (χ4n) is 3.02. The van der Waals surface area contributed by atoms with Crippen molar-refractivity contribution >= 4 is 38.4 Å². The van der Waals surface area contributed by atoms with E-state index in [-0.39, 0.29) is 5.97 Å². The van der Waals surface area contributed by atoms with E-state index >= 15 is 0 Å². The normalized spacial score (nSPS) is 11.2. The van der Waals surface area contributed by atoms with Crippen LogP contribution in [-0.2, 0) is 11.3 Å². The number of aryl methyl sites for hydroxylation is 1. The topological polar surface area (TPSA) is 53.4 Å². The van der Waals surface area contributed by atoms with Crippen molar-refractivity contribution in [2.24, 2.45) is 0 Å². The smallest absolute Gasteiger partial charge is 0.354 e. The van der Waals surface area contributed by atoms with E-state index in [0.717, 1.165) is 21.1 Å². The maximum absolute atomic E-state index is 12.2. The predicted octanol–water partition coefficient (Wildman–Crippen LogP) is 5.24. The van der Waals surface area contributed by atoms with Crippen molar-refractivity contribution in [2.45, 2.75) is 20.4 Å². The van der Waals surface area contributed by atoms with Crippen molar-refractivity contribution < 1.29 is 14.3 Å². The van der Waals surface area contributed by atoms with Gasteiger partial charge in [0, 0.05) is 17.4 Å². The number of nitrogens with zero attached hydrogens (tertiary/aromatic N) is 2. The molecule has 0 saturated carbocycles. The molecule has 2 heterocycles. The van der Waals surface area contributed by atoms with Crippen molar-refractivity contribution in [3.8, 4) is 10.9 Å². The van der Waals surface area contributed by atoms with Crippen molar-refractivity contribution in [1.29, 1.82) is 0 Å². The van der Waals surface area contributed by atoms with Crippen molar-refractivity contribution in [3.05, 3.63) is 54.2 Å². The fraction of sp³-hybridized carbons (Fsp3) is 0.200. The molecule has 0 atom stereocenters. The number of hydrogen-bond donors (Lipinski definition) is 0. The van der Waals surface area contributed by atoms with E-state index in [4.69, 9.17) is 9.47 Å². The number of hydrogen-bond acceptors (Lipinski definition) is 5. The molecular weight excluding hydrogens is 348 g/mol. The number of fused-ring (bicyclic) bond motifs is 2. The first-order valence-electron chi connectivity index (χ1n) is 8.53. The Morgan fingerprint density at radius 2 is 2.00 bits per heavy atom. The van der Waals surface area contributed by atoms with E-state index in [0.29, 0.717) is 29.8 Å². The van der Waals surface area contributed by atoms with Crippen LogP contribution in [0.4, 0.5) is 0 Å². The molecule has 0 radical (unpaired) electrons. The maximum Gasteiger partial charge on any atom is 0.354 e. The number of ether oxygens (including phenoxy) is 2. The minimum atomic E-state index is -0.306. The molecule has 0 aliphatic carbocycles. The number of carbonyl (C=O) groups excluding carboxylic acids is 1. The van der Waals surface area contributed by atoms with Gasteiger partial charge in [-0.25, -0.2) is 9.78 Å². The number of esters is 1. The van der Waals surface area contributed by atoms with Crippen LogP contribution in [0.25, 0.3) is 21.1 Å². The SMILES string of the molecule is CCOC(=O)c1cc2cc(Oc3nc4ccccc4s3)ccc2n1CC. The van der Waals surface area contributed by atoms with E-state index in [1.807, 2.05) is 60.0 Å². The molecule has 26 heavy (non-hydrogen) atoms. The largest absolute Gasteiger partial charge is 0.461 e. The van der Waals surface area contributed by atoms with Gasteiger partial charge in [-0.05, 0) is 50.2 Å². The third-order valence-corrected chi connectivity index (χ3v) is 5.07. The van der Waals surface area contributed by atoms with Gasteiger partial charge in [0.05, 0.1) is 16.8 Å². The van der Waals surface area contributed by atoms with Gasteiger partial charge in [-0.2, -0.15) is 0 Å². The van der Waals surface area contributed by atoms with Gasteiger partial charge in [-0.3, -0.25) is 0 Å². The number of carbonyl (C=O) groups is 1. The first kappa shape index (κ1) is 16.6. The zero-order valence-electron chi connectivity index (χ0n) is 14.6. The molecule has 0 unspecified atom stereocenters. The summed E-state index contributed by atoms with van der Waals surface area (Å²) in [5.41, 5.74) is 2.46. The number of para-hydroxylation sites is 1. The minimum absolute atomic E-state index is 0.306. The molecule has 0 spiro atoms. The predicted molar refractivity (Wildman–Crippen MR) is 103 cm³/mol. The van der Waals surface area contributed by atoms with Gasteiger partial charge in [-0.1, -0.05) is 23.5 Å². The monoisotopic (exact) mass is 366 g/mol. The van der Waals surface area contributed by atoms with Crippen LogP contribution in [0, 0.1) is 0 Å². The van der Waals surface area contributed by atoms with Gasteiger partial charge in [0.1, 0.15) is 11.4 Å². The second-order valence-electron chi connectivity index (χ2n) is 5.76. The molecule has 0 bridgehead atoms. The molecule has 0 fully saturated rings. The Morgan fingerprint density at radius 3 is 2.77 bits per heavy atom. The number of aromatic nitrogens is 2. The summed E-state index contributed by atoms with van der Waals surface area (Å²) in [6, 6.07) is 15.6. The van der Waals surface area contributed by atoms with Crippen molar-refractivity contribution in [2.75, 3.05) is 6.61 Å². The third-order valence-electron chi connectivity index (χ3n) is 4.15. The van der Waals surface area contributed by atoms with Crippen LogP contribution >= 0.6 is 11.3 Å². The van der Waals surface area contributed by atoms with Crippen LogP contribution in [0.2, 0.25) is 0 Å². The molecular formula is C20H18N2O3S. The van der Waals surface area contributed by atoms with E-state index in [9.17, 15) is 4.79 Å². The Hall–Kier alpha value is -2.86. The highest BCUT2D eigenvalue weighted by atomic mass is 32.1. The van der Waals surface area contributed by atoms with E-state index in [1.54, 1.807) is 6.92 Å². The Morgan fingerprint density at radius 1 is 1.15 bits per heavy atom. The number of benzene rings is 2. The van der Waals surface area contributed by atoms with Gasteiger partial charge in [0.2, 0.25) is 0 Å². The summed E-state index contributed by atoms with van der Waals surface area (Å²) in [6.07, 6.45) is 0. The van der Waals surface area contributed by atoms with Crippen molar-refractivity contribution in [1.82, 2.24) is 9.55 Å². The molecule has 4 rings (SSSR count). The Labute approximate surface area is 154 Å². The maximum atomic E-state index is 12.2.